The summed E-state index contributed by atoms with van der Waals surface area (Å²) >= 11 is 0. The van der Waals surface area contributed by atoms with Gasteiger partial charge in [0.05, 0.1) is 18.1 Å². The summed E-state index contributed by atoms with van der Waals surface area (Å²) in [6.07, 6.45) is 1.66. The largest absolute Gasteiger partial charge is 0.392 e. The summed E-state index contributed by atoms with van der Waals surface area (Å²) in [7, 11) is -2.92. The van der Waals surface area contributed by atoms with E-state index in [1.165, 1.54) is 0 Å². The molecule has 94 valence electrons. The number of aliphatic hydroxyl groups is 1. The second kappa shape index (κ2) is 4.62. The molecule has 17 heavy (non-hydrogen) atoms. The molecule has 6 heteroatoms. The van der Waals surface area contributed by atoms with Crippen LogP contribution in [0.3, 0.4) is 0 Å². The fourth-order valence-corrected chi connectivity index (χ4v) is 3.68. The van der Waals surface area contributed by atoms with E-state index in [9.17, 15) is 13.5 Å². The van der Waals surface area contributed by atoms with Gasteiger partial charge < -0.3 is 10.0 Å². The second-order valence-corrected chi connectivity index (χ2v) is 6.53. The Balaban J connectivity index is 2.29. The van der Waals surface area contributed by atoms with Gasteiger partial charge in [-0.05, 0) is 13.0 Å². The van der Waals surface area contributed by atoms with Crippen LogP contribution in [0.2, 0.25) is 0 Å². The standard InChI is InChI=1S/C11H16N2O3S/c1-9-8-17(15,16)6-5-13(9)11-10(7-14)3-2-4-12-11/h2-4,9,14H,5-8H2,1H3. The van der Waals surface area contributed by atoms with Crippen LogP contribution in [0.15, 0.2) is 18.3 Å². The van der Waals surface area contributed by atoms with Crippen LogP contribution in [0, 0.1) is 0 Å². The fraction of sp³-hybridized carbons (Fsp3) is 0.545. The molecule has 0 saturated carbocycles. The number of nitrogens with zero attached hydrogens (tertiary/aromatic N) is 2. The first-order valence-electron chi connectivity index (χ1n) is 5.55. The van der Waals surface area contributed by atoms with Gasteiger partial charge in [-0.3, -0.25) is 0 Å². The highest BCUT2D eigenvalue weighted by atomic mass is 32.2. The molecule has 2 heterocycles. The summed E-state index contributed by atoms with van der Waals surface area (Å²) in [5.41, 5.74) is 0.735. The molecule has 1 aromatic rings. The van der Waals surface area contributed by atoms with E-state index in [-0.39, 0.29) is 24.2 Å². The quantitative estimate of drug-likeness (QED) is 0.818. The van der Waals surface area contributed by atoms with Crippen molar-refractivity contribution in [1.29, 1.82) is 0 Å². The molecule has 1 unspecified atom stereocenters. The minimum atomic E-state index is -2.92. The average molecular weight is 256 g/mol. The first-order chi connectivity index (χ1) is 8.03. The first-order valence-corrected chi connectivity index (χ1v) is 7.37. The molecule has 0 aromatic carbocycles. The predicted octanol–water partition coefficient (Wildman–Crippen LogP) is 0.197. The van der Waals surface area contributed by atoms with Crippen molar-refractivity contribution in [2.75, 3.05) is 23.0 Å². The van der Waals surface area contributed by atoms with Crippen molar-refractivity contribution in [2.45, 2.75) is 19.6 Å². The molecule has 1 aliphatic rings. The zero-order valence-electron chi connectivity index (χ0n) is 9.70. The normalized spacial score (nSPS) is 23.6. The Bertz CT molecular complexity index is 501. The lowest BCUT2D eigenvalue weighted by Gasteiger charge is -2.35. The number of aromatic nitrogens is 1. The number of hydrogen-bond donors (Lipinski definition) is 1. The molecule has 0 spiro atoms. The van der Waals surface area contributed by atoms with Crippen molar-refractivity contribution in [1.82, 2.24) is 4.98 Å². The summed E-state index contributed by atoms with van der Waals surface area (Å²) in [4.78, 5) is 6.19. The average Bonchev–Trinajstić information content (AvgIpc) is 2.28. The van der Waals surface area contributed by atoms with Crippen molar-refractivity contribution in [3.05, 3.63) is 23.9 Å². The number of pyridine rings is 1. The highest BCUT2D eigenvalue weighted by Crippen LogP contribution is 2.23. The van der Waals surface area contributed by atoms with Crippen LogP contribution in [0.5, 0.6) is 0 Å². The van der Waals surface area contributed by atoms with E-state index in [0.29, 0.717) is 12.4 Å². The summed E-state index contributed by atoms with van der Waals surface area (Å²) in [6, 6.07) is 3.47. The summed E-state index contributed by atoms with van der Waals surface area (Å²) in [5.74, 6) is 0.991. The number of hydrogen-bond acceptors (Lipinski definition) is 5. The van der Waals surface area contributed by atoms with E-state index in [0.717, 1.165) is 5.56 Å². The molecular formula is C11H16N2O3S. The number of anilines is 1. The van der Waals surface area contributed by atoms with Gasteiger partial charge >= 0.3 is 0 Å². The van der Waals surface area contributed by atoms with Crippen LogP contribution in [-0.2, 0) is 16.4 Å². The van der Waals surface area contributed by atoms with Crippen LogP contribution in [0.4, 0.5) is 5.82 Å². The third kappa shape index (κ3) is 2.58. The van der Waals surface area contributed by atoms with Crippen molar-refractivity contribution in [3.63, 3.8) is 0 Å². The Morgan fingerprint density at radius 3 is 3.00 bits per heavy atom. The van der Waals surface area contributed by atoms with Crippen molar-refractivity contribution in [2.24, 2.45) is 0 Å². The topological polar surface area (TPSA) is 70.5 Å². The molecule has 1 fully saturated rings. The van der Waals surface area contributed by atoms with Gasteiger partial charge in [-0.15, -0.1) is 0 Å². The van der Waals surface area contributed by atoms with Gasteiger partial charge in [-0.2, -0.15) is 0 Å². The lowest BCUT2D eigenvalue weighted by Crippen LogP contribution is -2.47. The molecule has 1 N–H and O–H groups in total. The lowest BCUT2D eigenvalue weighted by atomic mass is 10.2. The Hall–Kier alpha value is -1.14. The summed E-state index contributed by atoms with van der Waals surface area (Å²) in [6.45, 7) is 2.22. The third-order valence-corrected chi connectivity index (χ3v) is 4.78. The molecular weight excluding hydrogens is 240 g/mol. The number of sulfone groups is 1. The minimum Gasteiger partial charge on any atom is -0.392 e. The van der Waals surface area contributed by atoms with Crippen LogP contribution >= 0.6 is 0 Å². The first kappa shape index (κ1) is 12.3. The van der Waals surface area contributed by atoms with Gasteiger partial charge in [-0.1, -0.05) is 6.07 Å². The van der Waals surface area contributed by atoms with E-state index < -0.39 is 9.84 Å². The zero-order chi connectivity index (χ0) is 12.5. The van der Waals surface area contributed by atoms with E-state index in [2.05, 4.69) is 4.98 Å². The van der Waals surface area contributed by atoms with E-state index in [1.54, 1.807) is 18.3 Å². The van der Waals surface area contributed by atoms with Gasteiger partial charge in [0.2, 0.25) is 0 Å². The van der Waals surface area contributed by atoms with Gasteiger partial charge in [-0.25, -0.2) is 13.4 Å². The predicted molar refractivity (Wildman–Crippen MR) is 65.6 cm³/mol. The van der Waals surface area contributed by atoms with Crippen LogP contribution in [-0.4, -0.2) is 42.6 Å². The smallest absolute Gasteiger partial charge is 0.154 e. The molecule has 0 aliphatic carbocycles. The van der Waals surface area contributed by atoms with Gasteiger partial charge in [0, 0.05) is 24.3 Å². The Labute approximate surface area is 101 Å². The van der Waals surface area contributed by atoms with Crippen molar-refractivity contribution >= 4 is 15.7 Å². The molecule has 1 aromatic heterocycles. The molecule has 1 atom stereocenters. The molecule has 0 radical (unpaired) electrons. The van der Waals surface area contributed by atoms with Crippen molar-refractivity contribution < 1.29 is 13.5 Å². The SMILES string of the molecule is CC1CS(=O)(=O)CCN1c1ncccc1CO. The van der Waals surface area contributed by atoms with E-state index in [1.807, 2.05) is 11.8 Å². The van der Waals surface area contributed by atoms with Crippen LogP contribution in [0.1, 0.15) is 12.5 Å². The lowest BCUT2D eigenvalue weighted by molar-refractivity contribution is 0.281. The van der Waals surface area contributed by atoms with E-state index in [4.69, 9.17) is 0 Å². The summed E-state index contributed by atoms with van der Waals surface area (Å²) < 4.78 is 23.0. The molecule has 0 amide bonds. The second-order valence-electron chi connectivity index (χ2n) is 4.30. The molecule has 0 bridgehead atoms. The Morgan fingerprint density at radius 2 is 2.35 bits per heavy atom. The monoisotopic (exact) mass is 256 g/mol. The van der Waals surface area contributed by atoms with Gasteiger partial charge in [0.1, 0.15) is 5.82 Å². The molecule has 2 rings (SSSR count). The number of rotatable bonds is 2. The zero-order valence-corrected chi connectivity index (χ0v) is 10.5. The minimum absolute atomic E-state index is 0.0842. The third-order valence-electron chi connectivity index (χ3n) is 2.98. The molecule has 1 saturated heterocycles. The molecule has 1 aliphatic heterocycles. The Morgan fingerprint density at radius 1 is 1.59 bits per heavy atom. The summed E-state index contributed by atoms with van der Waals surface area (Å²) in [5, 5.41) is 9.25. The number of aliphatic hydroxyl groups excluding tert-OH is 1. The highest BCUT2D eigenvalue weighted by Gasteiger charge is 2.29. The van der Waals surface area contributed by atoms with E-state index >= 15 is 0 Å². The maximum atomic E-state index is 11.5. The highest BCUT2D eigenvalue weighted by molar-refractivity contribution is 7.91. The Kier molecular flexibility index (Phi) is 3.35. The maximum absolute atomic E-state index is 11.5. The van der Waals surface area contributed by atoms with Crippen LogP contribution in [0.25, 0.3) is 0 Å². The van der Waals surface area contributed by atoms with Crippen LogP contribution < -0.4 is 4.90 Å². The van der Waals surface area contributed by atoms with Crippen molar-refractivity contribution in [3.8, 4) is 0 Å². The fourth-order valence-electron chi connectivity index (χ4n) is 2.13. The van der Waals surface area contributed by atoms with Gasteiger partial charge in [0.25, 0.3) is 0 Å². The maximum Gasteiger partial charge on any atom is 0.154 e. The van der Waals surface area contributed by atoms with Gasteiger partial charge in [0.15, 0.2) is 9.84 Å². The molecule has 5 nitrogen and oxygen atoms in total.